The maximum atomic E-state index is 12.8. The number of ketones is 1. The maximum Gasteiger partial charge on any atom is 0.337 e. The zero-order valence-corrected chi connectivity index (χ0v) is 18.4. The molecule has 1 aliphatic rings. The van der Waals surface area contributed by atoms with Crippen LogP contribution in [0.5, 0.6) is 23.0 Å². The van der Waals surface area contributed by atoms with Gasteiger partial charge in [-0.05, 0) is 48.0 Å². The molecular weight excluding hydrogens is 424 g/mol. The number of methoxy groups -OCH3 is 3. The van der Waals surface area contributed by atoms with Crippen LogP contribution in [-0.2, 0) is 11.3 Å². The molecular formula is C26H22O7. The van der Waals surface area contributed by atoms with Crippen LogP contribution in [0.15, 0.2) is 66.4 Å². The van der Waals surface area contributed by atoms with Crippen molar-refractivity contribution in [2.75, 3.05) is 21.3 Å². The first-order valence-electron chi connectivity index (χ1n) is 10.1. The Kier molecular flexibility index (Phi) is 6.31. The second-order valence-corrected chi connectivity index (χ2v) is 7.18. The van der Waals surface area contributed by atoms with E-state index >= 15 is 0 Å². The van der Waals surface area contributed by atoms with Crippen molar-refractivity contribution in [3.63, 3.8) is 0 Å². The van der Waals surface area contributed by atoms with Gasteiger partial charge in [-0.3, -0.25) is 4.79 Å². The molecule has 168 valence electrons. The van der Waals surface area contributed by atoms with Gasteiger partial charge in [0.1, 0.15) is 29.6 Å². The number of carbonyl (C=O) groups excluding carboxylic acids is 2. The minimum atomic E-state index is -0.390. The van der Waals surface area contributed by atoms with Gasteiger partial charge in [0.25, 0.3) is 0 Å². The van der Waals surface area contributed by atoms with Crippen molar-refractivity contribution in [3.8, 4) is 23.0 Å². The molecule has 0 amide bonds. The highest BCUT2D eigenvalue weighted by Gasteiger charge is 2.28. The van der Waals surface area contributed by atoms with Crippen molar-refractivity contribution in [1.82, 2.24) is 0 Å². The lowest BCUT2D eigenvalue weighted by molar-refractivity contribution is 0.0600. The summed E-state index contributed by atoms with van der Waals surface area (Å²) in [6.07, 6.45) is 1.64. The number of benzene rings is 3. The zero-order chi connectivity index (χ0) is 23.4. The molecule has 7 heteroatoms. The Labute approximate surface area is 191 Å². The molecule has 3 aromatic carbocycles. The van der Waals surface area contributed by atoms with E-state index in [1.807, 2.05) is 0 Å². The van der Waals surface area contributed by atoms with Crippen molar-refractivity contribution in [2.45, 2.75) is 6.61 Å². The number of ether oxygens (including phenoxy) is 5. The minimum absolute atomic E-state index is 0.198. The van der Waals surface area contributed by atoms with Crippen LogP contribution in [0.2, 0.25) is 0 Å². The number of allylic oxidation sites excluding steroid dienone is 1. The summed E-state index contributed by atoms with van der Waals surface area (Å²) in [6, 6.07) is 17.4. The van der Waals surface area contributed by atoms with E-state index in [2.05, 4.69) is 0 Å². The van der Waals surface area contributed by atoms with Gasteiger partial charge in [-0.2, -0.15) is 0 Å². The highest BCUT2D eigenvalue weighted by molar-refractivity contribution is 6.14. The Morgan fingerprint density at radius 1 is 0.909 bits per heavy atom. The average Bonchev–Trinajstić information content (AvgIpc) is 3.17. The fourth-order valence-electron chi connectivity index (χ4n) is 3.36. The summed E-state index contributed by atoms with van der Waals surface area (Å²) in [5.41, 5.74) is 2.51. The smallest absolute Gasteiger partial charge is 0.337 e. The number of fused-ring (bicyclic) bond motifs is 1. The van der Waals surface area contributed by atoms with E-state index in [0.29, 0.717) is 46.3 Å². The number of hydrogen-bond acceptors (Lipinski definition) is 7. The molecule has 0 radical (unpaired) electrons. The van der Waals surface area contributed by atoms with Crippen LogP contribution in [0.1, 0.15) is 31.8 Å². The summed E-state index contributed by atoms with van der Waals surface area (Å²) in [6.45, 7) is 0.292. The molecule has 7 nitrogen and oxygen atoms in total. The summed E-state index contributed by atoms with van der Waals surface area (Å²) in [4.78, 5) is 24.3. The van der Waals surface area contributed by atoms with Gasteiger partial charge in [0, 0.05) is 17.7 Å². The zero-order valence-electron chi connectivity index (χ0n) is 18.4. The van der Waals surface area contributed by atoms with Crippen LogP contribution in [-0.4, -0.2) is 33.1 Å². The molecule has 0 saturated carbocycles. The van der Waals surface area contributed by atoms with Gasteiger partial charge in [-0.1, -0.05) is 12.1 Å². The number of Topliss-reactive ketones (excluding diaryl/α,β-unsaturated/α-hetero) is 1. The number of hydrogen-bond donors (Lipinski definition) is 0. The third kappa shape index (κ3) is 4.67. The molecule has 1 aliphatic heterocycles. The topological polar surface area (TPSA) is 80.3 Å². The minimum Gasteiger partial charge on any atom is -0.497 e. The molecule has 0 bridgehead atoms. The van der Waals surface area contributed by atoms with Gasteiger partial charge in [-0.15, -0.1) is 0 Å². The summed E-state index contributed by atoms with van der Waals surface area (Å²) in [5.74, 6) is 1.80. The molecule has 33 heavy (non-hydrogen) atoms. The van der Waals surface area contributed by atoms with Crippen LogP contribution in [0.3, 0.4) is 0 Å². The largest absolute Gasteiger partial charge is 0.497 e. The van der Waals surface area contributed by atoms with Crippen LogP contribution >= 0.6 is 0 Å². The molecule has 4 rings (SSSR count). The van der Waals surface area contributed by atoms with E-state index in [9.17, 15) is 9.59 Å². The van der Waals surface area contributed by atoms with Gasteiger partial charge in [0.15, 0.2) is 5.76 Å². The normalized spacial score (nSPS) is 13.3. The van der Waals surface area contributed by atoms with Gasteiger partial charge >= 0.3 is 5.97 Å². The lowest BCUT2D eigenvalue weighted by Crippen LogP contribution is -2.02. The number of carbonyl (C=O) groups is 2. The molecule has 0 fully saturated rings. The Morgan fingerprint density at radius 3 is 2.36 bits per heavy atom. The first-order valence-corrected chi connectivity index (χ1v) is 10.1. The van der Waals surface area contributed by atoms with Crippen molar-refractivity contribution in [1.29, 1.82) is 0 Å². The Hall–Kier alpha value is -4.26. The second-order valence-electron chi connectivity index (χ2n) is 7.18. The summed E-state index contributed by atoms with van der Waals surface area (Å²) < 4.78 is 27.0. The Morgan fingerprint density at radius 2 is 1.67 bits per heavy atom. The summed E-state index contributed by atoms with van der Waals surface area (Å²) >= 11 is 0. The third-order valence-electron chi connectivity index (χ3n) is 5.15. The van der Waals surface area contributed by atoms with Crippen LogP contribution in [0, 0.1) is 0 Å². The van der Waals surface area contributed by atoms with E-state index < -0.39 is 0 Å². The third-order valence-corrected chi connectivity index (χ3v) is 5.15. The van der Waals surface area contributed by atoms with Crippen molar-refractivity contribution >= 4 is 17.8 Å². The predicted molar refractivity (Wildman–Crippen MR) is 121 cm³/mol. The van der Waals surface area contributed by atoms with Crippen molar-refractivity contribution < 1.29 is 33.3 Å². The fraction of sp³-hybridized carbons (Fsp3) is 0.154. The van der Waals surface area contributed by atoms with Crippen LogP contribution in [0.4, 0.5) is 0 Å². The average molecular weight is 446 g/mol. The second kappa shape index (κ2) is 9.48. The maximum absolute atomic E-state index is 12.8. The predicted octanol–water partition coefficient (Wildman–Crippen LogP) is 4.69. The molecule has 3 aromatic rings. The SMILES string of the molecule is COC(=O)c1ccc(COc2ccc3c(c2)OC(=Cc2ccc(OC)cc2OC)C3=O)cc1. The van der Waals surface area contributed by atoms with Gasteiger partial charge in [0.2, 0.25) is 5.78 Å². The molecule has 0 spiro atoms. The Bertz CT molecular complexity index is 1230. The molecule has 0 aliphatic carbocycles. The van der Waals surface area contributed by atoms with E-state index in [1.165, 1.54) is 7.11 Å². The lowest BCUT2D eigenvalue weighted by atomic mass is 10.1. The van der Waals surface area contributed by atoms with Gasteiger partial charge in [-0.25, -0.2) is 4.79 Å². The highest BCUT2D eigenvalue weighted by Crippen LogP contribution is 2.36. The van der Waals surface area contributed by atoms with Gasteiger partial charge < -0.3 is 23.7 Å². The van der Waals surface area contributed by atoms with Crippen molar-refractivity contribution in [2.24, 2.45) is 0 Å². The quantitative estimate of drug-likeness (QED) is 0.385. The van der Waals surface area contributed by atoms with E-state index in [0.717, 1.165) is 5.56 Å². The standard InChI is InChI=1S/C26H22O7/c1-29-19-9-8-18(22(13-19)30-2)12-24-25(27)21-11-10-20(14-23(21)33-24)32-15-16-4-6-17(7-5-16)26(28)31-3/h4-14H,15H2,1-3H3. The number of rotatable bonds is 7. The lowest BCUT2D eigenvalue weighted by Gasteiger charge is -2.08. The van der Waals surface area contributed by atoms with Gasteiger partial charge in [0.05, 0.1) is 32.5 Å². The first-order chi connectivity index (χ1) is 16.0. The molecule has 1 heterocycles. The number of esters is 1. The van der Waals surface area contributed by atoms with Crippen LogP contribution < -0.4 is 18.9 Å². The Balaban J connectivity index is 1.48. The summed E-state index contributed by atoms with van der Waals surface area (Å²) in [5, 5.41) is 0. The fourth-order valence-corrected chi connectivity index (χ4v) is 3.36. The molecule has 0 unspecified atom stereocenters. The monoisotopic (exact) mass is 446 g/mol. The van der Waals surface area contributed by atoms with E-state index in [1.54, 1.807) is 81.0 Å². The molecule has 0 aromatic heterocycles. The highest BCUT2D eigenvalue weighted by atomic mass is 16.5. The molecule has 0 saturated heterocycles. The molecule has 0 atom stereocenters. The van der Waals surface area contributed by atoms with Crippen molar-refractivity contribution in [3.05, 3.63) is 88.7 Å². The van der Waals surface area contributed by atoms with E-state index in [-0.39, 0.29) is 17.5 Å². The van der Waals surface area contributed by atoms with E-state index in [4.69, 9.17) is 23.7 Å². The first kappa shape index (κ1) is 22.0. The van der Waals surface area contributed by atoms with Crippen LogP contribution in [0.25, 0.3) is 6.08 Å². The molecule has 0 N–H and O–H groups in total. The summed E-state index contributed by atoms with van der Waals surface area (Å²) in [7, 11) is 4.47.